The zero-order chi connectivity index (χ0) is 9.42. The molecule has 0 atom stereocenters. The van der Waals surface area contributed by atoms with Gasteiger partial charge in [-0.2, -0.15) is 0 Å². The van der Waals surface area contributed by atoms with Crippen LogP contribution in [0.5, 0.6) is 0 Å². The molecule has 1 aromatic carbocycles. The molecule has 68 valence electrons. The average molecular weight is 230 g/mol. The molecule has 0 saturated heterocycles. The van der Waals surface area contributed by atoms with Gasteiger partial charge in [0.1, 0.15) is 0 Å². The number of thiol groups is 1. The number of benzene rings is 1. The van der Waals surface area contributed by atoms with Crippen LogP contribution in [0.3, 0.4) is 0 Å². The summed E-state index contributed by atoms with van der Waals surface area (Å²) in [5.74, 6) is 0.461. The van der Waals surface area contributed by atoms with E-state index >= 15 is 0 Å². The molecule has 0 spiro atoms. The van der Waals surface area contributed by atoms with Crippen LogP contribution in [0.15, 0.2) is 23.1 Å². The molecule has 1 aromatic heterocycles. The molecule has 13 heavy (non-hydrogen) atoms. The highest BCUT2D eigenvalue weighted by Gasteiger charge is 2.08. The van der Waals surface area contributed by atoms with Crippen molar-refractivity contribution in [2.45, 2.75) is 10.8 Å². The number of rotatable bonds is 1. The molecule has 2 rings (SSSR count). The molecular weight excluding hydrogens is 222 g/mol. The van der Waals surface area contributed by atoms with Gasteiger partial charge in [-0.05, 0) is 18.2 Å². The predicted octanol–water partition coefficient (Wildman–Crippen LogP) is 3.51. The van der Waals surface area contributed by atoms with Gasteiger partial charge in [0.2, 0.25) is 0 Å². The molecule has 0 amide bonds. The molecule has 0 radical (unpaired) electrons. The lowest BCUT2D eigenvalue weighted by atomic mass is 10.2. The van der Waals surface area contributed by atoms with Gasteiger partial charge in [-0.15, -0.1) is 35.6 Å². The van der Waals surface area contributed by atoms with Gasteiger partial charge in [-0.3, -0.25) is 0 Å². The van der Waals surface area contributed by atoms with Gasteiger partial charge in [0.05, 0.1) is 10.9 Å². The van der Waals surface area contributed by atoms with E-state index in [-0.39, 0.29) is 0 Å². The van der Waals surface area contributed by atoms with E-state index in [1.807, 2.05) is 18.2 Å². The fraction of sp³-hybridized carbons (Fsp3) is 0.111. The molecule has 0 aliphatic heterocycles. The second kappa shape index (κ2) is 3.40. The highest BCUT2D eigenvalue weighted by Crippen LogP contribution is 2.35. The minimum Gasteiger partial charge on any atom is -0.390 e. The van der Waals surface area contributed by atoms with Crippen molar-refractivity contribution < 1.29 is 0 Å². The Morgan fingerprint density at radius 2 is 2.23 bits per heavy atom. The second-order valence-electron chi connectivity index (χ2n) is 2.76. The molecular formula is C9H8ClNS2. The third-order valence-corrected chi connectivity index (χ3v) is 3.53. The number of hydrogen-bond donors (Lipinski definition) is 2. The highest BCUT2D eigenvalue weighted by atomic mass is 35.5. The van der Waals surface area contributed by atoms with Gasteiger partial charge in [0.25, 0.3) is 0 Å². The first kappa shape index (κ1) is 9.19. The first-order valence-electron chi connectivity index (χ1n) is 3.78. The monoisotopic (exact) mass is 229 g/mol. The zero-order valence-corrected chi connectivity index (χ0v) is 9.22. The van der Waals surface area contributed by atoms with Gasteiger partial charge >= 0.3 is 0 Å². The van der Waals surface area contributed by atoms with Gasteiger partial charge in [0.15, 0.2) is 0 Å². The summed E-state index contributed by atoms with van der Waals surface area (Å²) >= 11 is 11.7. The van der Waals surface area contributed by atoms with E-state index in [2.05, 4.69) is 12.6 Å². The first-order valence-corrected chi connectivity index (χ1v) is 5.58. The van der Waals surface area contributed by atoms with Gasteiger partial charge in [-0.25, -0.2) is 0 Å². The standard InChI is InChI=1S/C9H8ClNS2/c10-4-7-6-3-5(12)1-2-8(6)13-9(7)11/h1-3,12H,4,11H2. The van der Waals surface area contributed by atoms with Crippen LogP contribution in [0.2, 0.25) is 0 Å². The number of hydrogen-bond acceptors (Lipinski definition) is 3. The molecule has 0 bridgehead atoms. The number of fused-ring (bicyclic) bond motifs is 1. The second-order valence-corrected chi connectivity index (χ2v) is 4.63. The average Bonchev–Trinajstić information content (AvgIpc) is 2.40. The molecule has 0 saturated carbocycles. The van der Waals surface area contributed by atoms with E-state index in [0.29, 0.717) is 5.88 Å². The summed E-state index contributed by atoms with van der Waals surface area (Å²) in [5.41, 5.74) is 6.85. The van der Waals surface area contributed by atoms with E-state index in [9.17, 15) is 0 Å². The topological polar surface area (TPSA) is 26.0 Å². The molecule has 1 nitrogen and oxygen atoms in total. The van der Waals surface area contributed by atoms with Gasteiger partial charge < -0.3 is 5.73 Å². The summed E-state index contributed by atoms with van der Waals surface area (Å²) in [4.78, 5) is 0.941. The molecule has 1 heterocycles. The third kappa shape index (κ3) is 1.52. The van der Waals surface area contributed by atoms with Crippen molar-refractivity contribution in [1.82, 2.24) is 0 Å². The van der Waals surface area contributed by atoms with Crippen molar-refractivity contribution in [3.63, 3.8) is 0 Å². The summed E-state index contributed by atoms with van der Waals surface area (Å²) in [6.45, 7) is 0. The fourth-order valence-corrected chi connectivity index (χ4v) is 2.83. The zero-order valence-electron chi connectivity index (χ0n) is 6.75. The largest absolute Gasteiger partial charge is 0.390 e. The van der Waals surface area contributed by atoms with Crippen LogP contribution in [0.4, 0.5) is 5.00 Å². The number of thiophene rings is 1. The number of nitrogen functional groups attached to an aromatic ring is 1. The van der Waals surface area contributed by atoms with Crippen LogP contribution < -0.4 is 5.73 Å². The van der Waals surface area contributed by atoms with Crippen molar-refractivity contribution in [2.24, 2.45) is 0 Å². The molecule has 0 unspecified atom stereocenters. The summed E-state index contributed by atoms with van der Waals surface area (Å²) in [6.07, 6.45) is 0. The maximum atomic E-state index is 5.82. The molecule has 0 aliphatic carbocycles. The van der Waals surface area contributed by atoms with Crippen LogP contribution in [0, 0.1) is 0 Å². The summed E-state index contributed by atoms with van der Waals surface area (Å²) in [6, 6.07) is 5.98. The molecule has 0 aliphatic rings. The Bertz CT molecular complexity index is 450. The molecule has 2 N–H and O–H groups in total. The number of alkyl halides is 1. The number of halogens is 1. The fourth-order valence-electron chi connectivity index (χ4n) is 1.29. The Balaban J connectivity index is 2.80. The van der Waals surface area contributed by atoms with Crippen LogP contribution in [-0.4, -0.2) is 0 Å². The van der Waals surface area contributed by atoms with E-state index < -0.39 is 0 Å². The van der Waals surface area contributed by atoms with E-state index in [1.165, 1.54) is 4.70 Å². The smallest absolute Gasteiger partial charge is 0.0913 e. The molecule has 2 aromatic rings. The lowest BCUT2D eigenvalue weighted by Gasteiger charge is -1.95. The lowest BCUT2D eigenvalue weighted by molar-refractivity contribution is 1.46. The van der Waals surface area contributed by atoms with Crippen molar-refractivity contribution in [2.75, 3.05) is 5.73 Å². The van der Waals surface area contributed by atoms with Crippen LogP contribution in [0.1, 0.15) is 5.56 Å². The normalized spacial score (nSPS) is 10.9. The Morgan fingerprint density at radius 1 is 1.46 bits per heavy atom. The number of nitrogens with two attached hydrogens (primary N) is 1. The minimum atomic E-state index is 0.461. The van der Waals surface area contributed by atoms with E-state index in [4.69, 9.17) is 17.3 Å². The maximum absolute atomic E-state index is 5.82. The molecule has 0 fully saturated rings. The number of anilines is 1. The summed E-state index contributed by atoms with van der Waals surface area (Å²) in [7, 11) is 0. The van der Waals surface area contributed by atoms with Crippen LogP contribution in [-0.2, 0) is 5.88 Å². The first-order chi connectivity index (χ1) is 6.22. The lowest BCUT2D eigenvalue weighted by Crippen LogP contribution is -1.84. The Morgan fingerprint density at radius 3 is 2.92 bits per heavy atom. The van der Waals surface area contributed by atoms with Crippen molar-refractivity contribution in [3.05, 3.63) is 23.8 Å². The third-order valence-electron chi connectivity index (χ3n) is 1.94. The Hall–Kier alpha value is -0.380. The Kier molecular flexibility index (Phi) is 2.41. The predicted molar refractivity (Wildman–Crippen MR) is 63.0 cm³/mol. The molecule has 4 heteroatoms. The maximum Gasteiger partial charge on any atom is 0.0913 e. The van der Waals surface area contributed by atoms with E-state index in [1.54, 1.807) is 11.3 Å². The summed E-state index contributed by atoms with van der Waals surface area (Å²) < 4.78 is 1.17. The SMILES string of the molecule is Nc1sc2ccc(S)cc2c1CCl. The van der Waals surface area contributed by atoms with E-state index in [0.717, 1.165) is 20.8 Å². The summed E-state index contributed by atoms with van der Waals surface area (Å²) in [5, 5.41) is 1.94. The van der Waals surface area contributed by atoms with Crippen molar-refractivity contribution >= 4 is 50.7 Å². The highest BCUT2D eigenvalue weighted by molar-refractivity contribution is 7.80. The van der Waals surface area contributed by atoms with Gasteiger partial charge in [0, 0.05) is 20.5 Å². The van der Waals surface area contributed by atoms with Gasteiger partial charge in [-0.1, -0.05) is 0 Å². The van der Waals surface area contributed by atoms with Crippen LogP contribution in [0.25, 0.3) is 10.1 Å². The minimum absolute atomic E-state index is 0.461. The quantitative estimate of drug-likeness (QED) is 0.568. The van der Waals surface area contributed by atoms with Crippen LogP contribution >= 0.6 is 35.6 Å². The Labute approximate surface area is 90.9 Å². The van der Waals surface area contributed by atoms with Crippen molar-refractivity contribution in [1.29, 1.82) is 0 Å². The van der Waals surface area contributed by atoms with Crippen molar-refractivity contribution in [3.8, 4) is 0 Å².